The topological polar surface area (TPSA) is 70.6 Å². The Kier molecular flexibility index (Phi) is 5.77. The van der Waals surface area contributed by atoms with Gasteiger partial charge in [-0.3, -0.25) is 4.79 Å². The number of hydrogen-bond acceptors (Lipinski definition) is 6. The van der Waals surface area contributed by atoms with E-state index in [1.807, 2.05) is 13.8 Å². The molecule has 0 bridgehead atoms. The van der Waals surface area contributed by atoms with Crippen molar-refractivity contribution in [2.45, 2.75) is 45.2 Å². The van der Waals surface area contributed by atoms with Crippen LogP contribution in [0.2, 0.25) is 0 Å². The number of carbonyl (C=O) groups is 1. The van der Waals surface area contributed by atoms with Crippen molar-refractivity contribution < 1.29 is 9.53 Å². The molecular weight excluding hydrogens is 330 g/mol. The number of carbonyl (C=O) groups excluding carboxylic acids is 1. The zero-order valence-electron chi connectivity index (χ0n) is 16.6. The molecular formula is C19H31N5O2. The highest BCUT2D eigenvalue weighted by atomic mass is 16.5. The standard InChI is InChI=1S/C19H31N5O2/c1-12-13(2)20-17(19(25)21-15-8-14(9-15)11-26-5)22-18(12)24-7-6-16(10-24)23(3)4/h14-16H,6-11H2,1-5H3,(H,21,25)/t14?,15?,16-/m1/s1. The summed E-state index contributed by atoms with van der Waals surface area (Å²) >= 11 is 0. The lowest BCUT2D eigenvalue weighted by Crippen LogP contribution is -2.46. The number of hydrogen-bond donors (Lipinski definition) is 1. The molecule has 2 aliphatic rings. The fourth-order valence-corrected chi connectivity index (χ4v) is 3.85. The Morgan fingerprint density at radius 3 is 2.65 bits per heavy atom. The van der Waals surface area contributed by atoms with Gasteiger partial charge in [-0.05, 0) is 53.1 Å². The van der Waals surface area contributed by atoms with Crippen LogP contribution in [0.1, 0.15) is 41.1 Å². The van der Waals surface area contributed by atoms with E-state index in [2.05, 4.69) is 39.2 Å². The zero-order chi connectivity index (χ0) is 18.8. The van der Waals surface area contributed by atoms with E-state index in [0.29, 0.717) is 12.0 Å². The van der Waals surface area contributed by atoms with E-state index in [1.54, 1.807) is 7.11 Å². The average molecular weight is 361 g/mol. The molecule has 7 heteroatoms. The Morgan fingerprint density at radius 2 is 2.04 bits per heavy atom. The number of ether oxygens (including phenoxy) is 1. The molecule has 7 nitrogen and oxygen atoms in total. The molecule has 1 saturated carbocycles. The molecule has 2 fully saturated rings. The Labute approximate surface area is 156 Å². The van der Waals surface area contributed by atoms with Gasteiger partial charge in [-0.1, -0.05) is 0 Å². The summed E-state index contributed by atoms with van der Waals surface area (Å²) in [6.07, 6.45) is 3.04. The molecule has 1 aliphatic heterocycles. The van der Waals surface area contributed by atoms with Gasteiger partial charge in [-0.15, -0.1) is 0 Å². The number of aromatic nitrogens is 2. The van der Waals surface area contributed by atoms with Crippen molar-refractivity contribution in [2.24, 2.45) is 5.92 Å². The van der Waals surface area contributed by atoms with Crippen LogP contribution in [0.25, 0.3) is 0 Å². The van der Waals surface area contributed by atoms with E-state index in [4.69, 9.17) is 4.74 Å². The van der Waals surface area contributed by atoms with E-state index >= 15 is 0 Å². The van der Waals surface area contributed by atoms with Crippen LogP contribution in [0.5, 0.6) is 0 Å². The Hall–Kier alpha value is -1.73. The van der Waals surface area contributed by atoms with Crippen LogP contribution >= 0.6 is 0 Å². The lowest BCUT2D eigenvalue weighted by molar-refractivity contribution is 0.0730. The lowest BCUT2D eigenvalue weighted by Gasteiger charge is -2.35. The maximum atomic E-state index is 12.6. The first kappa shape index (κ1) is 19.0. The first-order valence-corrected chi connectivity index (χ1v) is 9.45. The number of nitrogens with one attached hydrogen (secondary N) is 1. The molecule has 1 saturated heterocycles. The molecule has 3 rings (SSSR count). The van der Waals surface area contributed by atoms with E-state index in [-0.39, 0.29) is 17.8 Å². The predicted octanol–water partition coefficient (Wildman–Crippen LogP) is 1.39. The van der Waals surface area contributed by atoms with Crippen molar-refractivity contribution in [3.63, 3.8) is 0 Å². The van der Waals surface area contributed by atoms with Crippen LogP contribution in [0.15, 0.2) is 0 Å². The molecule has 0 aromatic carbocycles. The first-order valence-electron chi connectivity index (χ1n) is 9.45. The first-order chi connectivity index (χ1) is 12.4. The van der Waals surface area contributed by atoms with Gasteiger partial charge in [0.1, 0.15) is 5.82 Å². The smallest absolute Gasteiger partial charge is 0.289 e. The minimum absolute atomic E-state index is 0.168. The van der Waals surface area contributed by atoms with E-state index in [1.165, 1.54) is 0 Å². The molecule has 2 heterocycles. The fourth-order valence-electron chi connectivity index (χ4n) is 3.85. The summed E-state index contributed by atoms with van der Waals surface area (Å²) in [6.45, 7) is 6.65. The number of likely N-dealkylation sites (N-methyl/N-ethyl adjacent to an activating group) is 1. The summed E-state index contributed by atoms with van der Waals surface area (Å²) in [5.74, 6) is 1.57. The van der Waals surface area contributed by atoms with Gasteiger partial charge >= 0.3 is 0 Å². The highest BCUT2D eigenvalue weighted by Gasteiger charge is 2.32. The minimum Gasteiger partial charge on any atom is -0.384 e. The second-order valence-corrected chi connectivity index (χ2v) is 7.90. The molecule has 144 valence electrons. The third-order valence-electron chi connectivity index (χ3n) is 5.73. The number of methoxy groups -OCH3 is 1. The average Bonchev–Trinajstić information content (AvgIpc) is 3.05. The Morgan fingerprint density at radius 1 is 1.31 bits per heavy atom. The molecule has 0 radical (unpaired) electrons. The van der Waals surface area contributed by atoms with Crippen LogP contribution in [-0.4, -0.2) is 73.8 Å². The van der Waals surface area contributed by atoms with Gasteiger partial charge in [0, 0.05) is 50.1 Å². The number of amides is 1. The fraction of sp³-hybridized carbons (Fsp3) is 0.737. The normalized spacial score (nSPS) is 25.5. The van der Waals surface area contributed by atoms with E-state index in [0.717, 1.165) is 56.0 Å². The minimum atomic E-state index is -0.168. The molecule has 26 heavy (non-hydrogen) atoms. The van der Waals surface area contributed by atoms with E-state index in [9.17, 15) is 4.79 Å². The second-order valence-electron chi connectivity index (χ2n) is 7.90. The maximum absolute atomic E-state index is 12.6. The number of aryl methyl sites for hydroxylation is 1. The summed E-state index contributed by atoms with van der Waals surface area (Å²) < 4.78 is 5.16. The summed E-state index contributed by atoms with van der Waals surface area (Å²) in [7, 11) is 5.94. The molecule has 1 atom stereocenters. The monoisotopic (exact) mass is 361 g/mol. The third kappa shape index (κ3) is 3.99. The van der Waals surface area contributed by atoms with Crippen LogP contribution in [0.4, 0.5) is 5.82 Å². The van der Waals surface area contributed by atoms with Crippen LogP contribution < -0.4 is 10.2 Å². The highest BCUT2D eigenvalue weighted by Crippen LogP contribution is 2.28. The lowest BCUT2D eigenvalue weighted by atomic mass is 9.81. The van der Waals surface area contributed by atoms with Gasteiger partial charge in [0.05, 0.1) is 0 Å². The van der Waals surface area contributed by atoms with Gasteiger partial charge < -0.3 is 19.9 Å². The molecule has 1 aromatic heterocycles. The van der Waals surface area contributed by atoms with E-state index < -0.39 is 0 Å². The SMILES string of the molecule is COCC1CC(NC(=O)c2nc(C)c(C)c(N3CC[C@@H](N(C)C)C3)n2)C1. The quantitative estimate of drug-likeness (QED) is 0.826. The predicted molar refractivity (Wildman–Crippen MR) is 102 cm³/mol. The van der Waals surface area contributed by atoms with Crippen LogP contribution in [0, 0.1) is 19.8 Å². The second kappa shape index (κ2) is 7.88. The van der Waals surface area contributed by atoms with Gasteiger partial charge in [0.25, 0.3) is 5.91 Å². The summed E-state index contributed by atoms with van der Waals surface area (Å²) in [6, 6.07) is 0.732. The van der Waals surface area contributed by atoms with Gasteiger partial charge in [0.2, 0.25) is 5.82 Å². The van der Waals surface area contributed by atoms with Crippen LogP contribution in [0.3, 0.4) is 0 Å². The molecule has 1 amide bonds. The van der Waals surface area contributed by atoms with Crippen molar-refractivity contribution in [2.75, 3.05) is 45.8 Å². The molecule has 1 aliphatic carbocycles. The molecule has 0 spiro atoms. The Bertz CT molecular complexity index is 658. The summed E-state index contributed by atoms with van der Waals surface area (Å²) in [4.78, 5) is 26.2. The third-order valence-corrected chi connectivity index (χ3v) is 5.73. The largest absolute Gasteiger partial charge is 0.384 e. The summed E-state index contributed by atoms with van der Waals surface area (Å²) in [5.41, 5.74) is 1.93. The summed E-state index contributed by atoms with van der Waals surface area (Å²) in [5, 5.41) is 3.07. The van der Waals surface area contributed by atoms with Crippen molar-refractivity contribution in [1.29, 1.82) is 0 Å². The molecule has 1 N–H and O–H groups in total. The molecule has 0 unspecified atom stereocenters. The Balaban J connectivity index is 1.69. The van der Waals surface area contributed by atoms with Crippen molar-refractivity contribution in [1.82, 2.24) is 20.2 Å². The van der Waals surface area contributed by atoms with Crippen molar-refractivity contribution in [3.8, 4) is 0 Å². The zero-order valence-corrected chi connectivity index (χ0v) is 16.6. The number of rotatable bonds is 6. The maximum Gasteiger partial charge on any atom is 0.289 e. The molecule has 1 aromatic rings. The highest BCUT2D eigenvalue weighted by molar-refractivity contribution is 5.91. The van der Waals surface area contributed by atoms with Gasteiger partial charge in [-0.2, -0.15) is 0 Å². The van der Waals surface area contributed by atoms with Crippen molar-refractivity contribution in [3.05, 3.63) is 17.1 Å². The number of nitrogens with zero attached hydrogens (tertiary/aromatic N) is 4. The van der Waals surface area contributed by atoms with Crippen molar-refractivity contribution >= 4 is 11.7 Å². The van der Waals surface area contributed by atoms with Gasteiger partial charge in [-0.25, -0.2) is 9.97 Å². The number of anilines is 1. The van der Waals surface area contributed by atoms with Gasteiger partial charge in [0.15, 0.2) is 0 Å². The van der Waals surface area contributed by atoms with Crippen LogP contribution in [-0.2, 0) is 4.74 Å².